The first kappa shape index (κ1) is 22.8. The standard InChI is InChI=1S/C21H24Cl2N2O4/c1-4-17(21(27)24-2)25(12-14-9-10-15(22)16(23)11-14)20(26)13-29-19-8-6-5-7-18(19)28-3/h5-11,17H,4,12-13H2,1-3H3,(H,24,27). The van der Waals surface area contributed by atoms with Crippen molar-refractivity contribution < 1.29 is 19.1 Å². The summed E-state index contributed by atoms with van der Waals surface area (Å²) in [6.07, 6.45) is 0.446. The molecule has 29 heavy (non-hydrogen) atoms. The molecule has 1 unspecified atom stereocenters. The molecular weight excluding hydrogens is 415 g/mol. The van der Waals surface area contributed by atoms with Crippen LogP contribution in [0, 0.1) is 0 Å². The number of benzene rings is 2. The number of methoxy groups -OCH3 is 1. The number of rotatable bonds is 9. The number of amides is 2. The van der Waals surface area contributed by atoms with Gasteiger partial charge in [0.1, 0.15) is 6.04 Å². The third kappa shape index (κ3) is 6.02. The average Bonchev–Trinajstić information content (AvgIpc) is 2.74. The third-order valence-corrected chi connectivity index (χ3v) is 5.13. The van der Waals surface area contributed by atoms with Crippen LogP contribution in [0.4, 0.5) is 0 Å². The van der Waals surface area contributed by atoms with Crippen molar-refractivity contribution in [3.63, 3.8) is 0 Å². The minimum atomic E-state index is -0.650. The van der Waals surface area contributed by atoms with E-state index in [2.05, 4.69) is 5.32 Å². The van der Waals surface area contributed by atoms with Gasteiger partial charge in [-0.15, -0.1) is 0 Å². The van der Waals surface area contributed by atoms with Crippen molar-refractivity contribution in [2.45, 2.75) is 25.9 Å². The molecule has 1 N–H and O–H groups in total. The van der Waals surface area contributed by atoms with Crippen LogP contribution in [0.15, 0.2) is 42.5 Å². The fraction of sp³-hybridized carbons (Fsp3) is 0.333. The molecule has 156 valence electrons. The van der Waals surface area contributed by atoms with Gasteiger partial charge in [0.25, 0.3) is 5.91 Å². The molecule has 8 heteroatoms. The van der Waals surface area contributed by atoms with Crippen LogP contribution in [0.1, 0.15) is 18.9 Å². The number of hydrogen-bond acceptors (Lipinski definition) is 4. The lowest BCUT2D eigenvalue weighted by molar-refractivity contribution is -0.142. The summed E-state index contributed by atoms with van der Waals surface area (Å²) in [5.74, 6) is 0.385. The van der Waals surface area contributed by atoms with Crippen molar-refractivity contribution in [1.82, 2.24) is 10.2 Å². The zero-order valence-electron chi connectivity index (χ0n) is 16.6. The summed E-state index contributed by atoms with van der Waals surface area (Å²) in [7, 11) is 3.07. The lowest BCUT2D eigenvalue weighted by Crippen LogP contribution is -2.49. The van der Waals surface area contributed by atoms with Gasteiger partial charge in [0.15, 0.2) is 18.1 Å². The number of ether oxygens (including phenoxy) is 2. The molecule has 0 saturated heterocycles. The van der Waals surface area contributed by atoms with Gasteiger partial charge in [-0.3, -0.25) is 9.59 Å². The summed E-state index contributed by atoms with van der Waals surface area (Å²) in [5, 5.41) is 3.42. The molecule has 0 heterocycles. The quantitative estimate of drug-likeness (QED) is 0.643. The van der Waals surface area contributed by atoms with Crippen LogP contribution in [0.2, 0.25) is 10.0 Å². The van der Waals surface area contributed by atoms with Gasteiger partial charge in [0, 0.05) is 13.6 Å². The second-order valence-electron chi connectivity index (χ2n) is 6.25. The monoisotopic (exact) mass is 438 g/mol. The van der Waals surface area contributed by atoms with Crippen molar-refractivity contribution in [3.05, 3.63) is 58.1 Å². The summed E-state index contributed by atoms with van der Waals surface area (Å²) in [6, 6.07) is 11.5. The Morgan fingerprint density at radius 2 is 1.79 bits per heavy atom. The number of nitrogens with zero attached hydrogens (tertiary/aromatic N) is 1. The van der Waals surface area contributed by atoms with Gasteiger partial charge >= 0.3 is 0 Å². The second-order valence-corrected chi connectivity index (χ2v) is 7.06. The Morgan fingerprint density at radius 3 is 2.38 bits per heavy atom. The van der Waals surface area contributed by atoms with Crippen LogP contribution in [0.5, 0.6) is 11.5 Å². The number of halogens is 2. The van der Waals surface area contributed by atoms with Crippen LogP contribution in [-0.2, 0) is 16.1 Å². The molecule has 0 bridgehead atoms. The lowest BCUT2D eigenvalue weighted by atomic mass is 10.1. The van der Waals surface area contributed by atoms with Crippen LogP contribution in [-0.4, -0.2) is 43.5 Å². The highest BCUT2D eigenvalue weighted by atomic mass is 35.5. The number of nitrogens with one attached hydrogen (secondary N) is 1. The number of carbonyl (C=O) groups excluding carboxylic acids is 2. The summed E-state index contributed by atoms with van der Waals surface area (Å²) < 4.78 is 10.9. The van der Waals surface area contributed by atoms with Gasteiger partial charge in [0.2, 0.25) is 5.91 Å². The second kappa shape index (κ2) is 10.9. The number of para-hydroxylation sites is 2. The molecule has 2 aromatic carbocycles. The molecule has 0 aliphatic carbocycles. The maximum atomic E-state index is 13.0. The molecule has 0 saturated carbocycles. The molecule has 2 amide bonds. The Kier molecular flexibility index (Phi) is 8.61. The number of hydrogen-bond donors (Lipinski definition) is 1. The predicted octanol–water partition coefficient (Wildman–Crippen LogP) is 3.93. The minimum absolute atomic E-state index is 0.191. The number of likely N-dealkylation sites (N-methyl/N-ethyl adjacent to an activating group) is 1. The third-order valence-electron chi connectivity index (χ3n) is 4.39. The van der Waals surface area contributed by atoms with Gasteiger partial charge in [-0.25, -0.2) is 0 Å². The summed E-state index contributed by atoms with van der Waals surface area (Å²) in [4.78, 5) is 26.9. The van der Waals surface area contributed by atoms with Crippen molar-refractivity contribution in [3.8, 4) is 11.5 Å². The maximum absolute atomic E-state index is 13.0. The van der Waals surface area contributed by atoms with E-state index >= 15 is 0 Å². The van der Waals surface area contributed by atoms with E-state index in [4.69, 9.17) is 32.7 Å². The van der Waals surface area contributed by atoms with E-state index in [9.17, 15) is 9.59 Å². The smallest absolute Gasteiger partial charge is 0.261 e. The Labute approximate surface area is 180 Å². The lowest BCUT2D eigenvalue weighted by Gasteiger charge is -2.30. The van der Waals surface area contributed by atoms with E-state index in [-0.39, 0.29) is 25.0 Å². The van der Waals surface area contributed by atoms with Crippen LogP contribution in [0.3, 0.4) is 0 Å². The summed E-state index contributed by atoms with van der Waals surface area (Å²) >= 11 is 12.1. The highest BCUT2D eigenvalue weighted by Gasteiger charge is 2.28. The fourth-order valence-corrected chi connectivity index (χ4v) is 3.20. The molecule has 6 nitrogen and oxygen atoms in total. The Hall–Kier alpha value is -2.44. The molecule has 0 radical (unpaired) electrons. The zero-order valence-corrected chi connectivity index (χ0v) is 18.1. The molecule has 0 fully saturated rings. The summed E-state index contributed by atoms with van der Waals surface area (Å²) in [6.45, 7) is 1.79. The van der Waals surface area contributed by atoms with Gasteiger partial charge in [-0.2, -0.15) is 0 Å². The molecule has 0 aromatic heterocycles. The van der Waals surface area contributed by atoms with Crippen LogP contribution in [0.25, 0.3) is 0 Å². The fourth-order valence-electron chi connectivity index (χ4n) is 2.88. The highest BCUT2D eigenvalue weighted by molar-refractivity contribution is 6.42. The molecule has 0 spiro atoms. The van der Waals surface area contributed by atoms with Crippen molar-refractivity contribution >= 4 is 35.0 Å². The Morgan fingerprint density at radius 1 is 1.10 bits per heavy atom. The van der Waals surface area contributed by atoms with Gasteiger partial charge in [0.05, 0.1) is 17.2 Å². The van der Waals surface area contributed by atoms with Crippen molar-refractivity contribution in [1.29, 1.82) is 0 Å². The van der Waals surface area contributed by atoms with Crippen molar-refractivity contribution in [2.24, 2.45) is 0 Å². The van der Waals surface area contributed by atoms with E-state index in [1.54, 1.807) is 36.4 Å². The molecule has 0 aliphatic heterocycles. The van der Waals surface area contributed by atoms with Crippen molar-refractivity contribution in [2.75, 3.05) is 20.8 Å². The molecule has 1 atom stereocenters. The zero-order chi connectivity index (χ0) is 21.4. The van der Waals surface area contributed by atoms with Crippen LogP contribution < -0.4 is 14.8 Å². The SMILES string of the molecule is CCC(C(=O)NC)N(Cc1ccc(Cl)c(Cl)c1)C(=O)COc1ccccc1OC. The molecular formula is C21H24Cl2N2O4. The van der Waals surface area contributed by atoms with Gasteiger partial charge < -0.3 is 19.7 Å². The minimum Gasteiger partial charge on any atom is -0.493 e. The van der Waals surface area contributed by atoms with Gasteiger partial charge in [-0.05, 0) is 36.2 Å². The number of carbonyl (C=O) groups is 2. The van der Waals surface area contributed by atoms with E-state index in [1.807, 2.05) is 13.0 Å². The molecule has 2 rings (SSSR count). The molecule has 0 aliphatic rings. The van der Waals surface area contributed by atoms with E-state index in [0.717, 1.165) is 5.56 Å². The average molecular weight is 439 g/mol. The van der Waals surface area contributed by atoms with E-state index in [1.165, 1.54) is 19.1 Å². The first-order valence-electron chi connectivity index (χ1n) is 9.12. The van der Waals surface area contributed by atoms with E-state index < -0.39 is 6.04 Å². The largest absolute Gasteiger partial charge is 0.493 e. The maximum Gasteiger partial charge on any atom is 0.261 e. The van der Waals surface area contributed by atoms with Gasteiger partial charge in [-0.1, -0.05) is 48.3 Å². The first-order valence-corrected chi connectivity index (χ1v) is 9.87. The van der Waals surface area contributed by atoms with E-state index in [0.29, 0.717) is 28.0 Å². The van der Waals surface area contributed by atoms with Crippen LogP contribution >= 0.6 is 23.2 Å². The first-order chi connectivity index (χ1) is 13.9. The summed E-state index contributed by atoms with van der Waals surface area (Å²) in [5.41, 5.74) is 0.757. The predicted molar refractivity (Wildman–Crippen MR) is 114 cm³/mol. The molecule has 2 aromatic rings. The highest BCUT2D eigenvalue weighted by Crippen LogP contribution is 2.26. The normalized spacial score (nSPS) is 11.5. The Balaban J connectivity index is 2.23. The Bertz CT molecular complexity index is 860. The topological polar surface area (TPSA) is 67.9 Å².